The lowest BCUT2D eigenvalue weighted by Gasteiger charge is -2.35. The van der Waals surface area contributed by atoms with Crippen molar-refractivity contribution < 1.29 is 14.3 Å². The summed E-state index contributed by atoms with van der Waals surface area (Å²) in [6.07, 6.45) is 3.62. The zero-order chi connectivity index (χ0) is 18.5. The van der Waals surface area contributed by atoms with Gasteiger partial charge in [-0.25, -0.2) is 4.98 Å². The smallest absolute Gasteiger partial charge is 0.266 e. The molecule has 1 fully saturated rings. The number of rotatable bonds is 5. The highest BCUT2D eigenvalue weighted by Gasteiger charge is 2.31. The van der Waals surface area contributed by atoms with Gasteiger partial charge in [0, 0.05) is 31.9 Å². The van der Waals surface area contributed by atoms with E-state index >= 15 is 0 Å². The van der Waals surface area contributed by atoms with Crippen molar-refractivity contribution in [2.24, 2.45) is 0 Å². The van der Waals surface area contributed by atoms with E-state index in [0.29, 0.717) is 31.2 Å². The minimum Gasteiger partial charge on any atom is -0.377 e. The Hall–Kier alpha value is -2.32. The van der Waals surface area contributed by atoms with Gasteiger partial charge in [0.15, 0.2) is 0 Å². The first-order chi connectivity index (χ1) is 12.5. The van der Waals surface area contributed by atoms with Crippen molar-refractivity contribution in [2.45, 2.75) is 32.9 Å². The molecule has 0 aromatic carbocycles. The topological polar surface area (TPSA) is 84.4 Å². The minimum atomic E-state index is -0.271. The summed E-state index contributed by atoms with van der Waals surface area (Å²) < 4.78 is 5.50. The molecule has 1 aliphatic heterocycles. The molecule has 2 aromatic rings. The summed E-state index contributed by atoms with van der Waals surface area (Å²) in [5.41, 5.74) is 1.67. The van der Waals surface area contributed by atoms with Crippen molar-refractivity contribution in [3.05, 3.63) is 45.7 Å². The van der Waals surface area contributed by atoms with Gasteiger partial charge in [-0.05, 0) is 25.5 Å². The van der Waals surface area contributed by atoms with Crippen LogP contribution in [0.2, 0.25) is 0 Å². The van der Waals surface area contributed by atoms with Crippen LogP contribution in [0.15, 0.2) is 24.5 Å². The fraction of sp³-hybridized carbons (Fsp3) is 0.444. The van der Waals surface area contributed by atoms with Crippen LogP contribution in [-0.4, -0.2) is 52.5 Å². The molecule has 2 amide bonds. The highest BCUT2D eigenvalue weighted by atomic mass is 32.1. The summed E-state index contributed by atoms with van der Waals surface area (Å²) in [6.45, 7) is 5.47. The Balaban J connectivity index is 1.62. The first-order valence-electron chi connectivity index (χ1n) is 8.53. The number of carbonyl (C=O) groups is 2. The van der Waals surface area contributed by atoms with E-state index in [1.54, 1.807) is 17.3 Å². The van der Waals surface area contributed by atoms with Crippen LogP contribution in [0.3, 0.4) is 0 Å². The third-order valence-electron chi connectivity index (χ3n) is 4.22. The molecule has 8 heteroatoms. The van der Waals surface area contributed by atoms with E-state index in [-0.39, 0.29) is 24.3 Å². The molecular weight excluding hydrogens is 352 g/mol. The molecule has 26 heavy (non-hydrogen) atoms. The maximum Gasteiger partial charge on any atom is 0.266 e. The van der Waals surface area contributed by atoms with Crippen LogP contribution in [0.1, 0.15) is 32.4 Å². The van der Waals surface area contributed by atoms with Crippen molar-refractivity contribution in [3.8, 4) is 0 Å². The Morgan fingerprint density at radius 2 is 2.27 bits per heavy atom. The normalized spacial score (nSPS) is 17.2. The van der Waals surface area contributed by atoms with Gasteiger partial charge in [0.1, 0.15) is 4.88 Å². The zero-order valence-electron chi connectivity index (χ0n) is 14.9. The van der Waals surface area contributed by atoms with Crippen LogP contribution in [0.25, 0.3) is 0 Å². The van der Waals surface area contributed by atoms with E-state index < -0.39 is 0 Å². The van der Waals surface area contributed by atoms with Crippen molar-refractivity contribution >= 4 is 23.2 Å². The first-order valence-corrected chi connectivity index (χ1v) is 9.34. The number of nitrogens with one attached hydrogen (secondary N) is 1. The number of aryl methyl sites for hydroxylation is 2. The number of hydrogen-bond acceptors (Lipinski definition) is 6. The number of thiazole rings is 1. The first kappa shape index (κ1) is 18.5. The molecule has 0 aliphatic carbocycles. The molecule has 1 saturated heterocycles. The number of ether oxygens (including phenoxy) is 1. The molecule has 2 aromatic heterocycles. The van der Waals surface area contributed by atoms with Crippen LogP contribution in [0.5, 0.6) is 0 Å². The van der Waals surface area contributed by atoms with Gasteiger partial charge >= 0.3 is 0 Å². The van der Waals surface area contributed by atoms with Crippen molar-refractivity contribution in [1.29, 1.82) is 0 Å². The SMILES string of the molecule is Cc1nc(C)c(C(=O)N2CCOCC2CC(=O)NCc2cccnc2)s1. The Morgan fingerprint density at radius 3 is 2.96 bits per heavy atom. The number of carbonyl (C=O) groups excluding carboxylic acids is 2. The molecule has 1 aliphatic rings. The highest BCUT2D eigenvalue weighted by Crippen LogP contribution is 2.22. The number of amides is 2. The Labute approximate surface area is 156 Å². The van der Waals surface area contributed by atoms with Crippen LogP contribution in [0, 0.1) is 13.8 Å². The fourth-order valence-electron chi connectivity index (χ4n) is 2.94. The quantitative estimate of drug-likeness (QED) is 0.861. The maximum absolute atomic E-state index is 12.9. The van der Waals surface area contributed by atoms with Crippen molar-refractivity contribution in [3.63, 3.8) is 0 Å². The van der Waals surface area contributed by atoms with Crippen LogP contribution in [0.4, 0.5) is 0 Å². The summed E-state index contributed by atoms with van der Waals surface area (Å²) in [4.78, 5) is 36.0. The second-order valence-corrected chi connectivity index (χ2v) is 7.42. The van der Waals surface area contributed by atoms with Gasteiger partial charge in [0.25, 0.3) is 5.91 Å². The predicted octanol–water partition coefficient (Wildman–Crippen LogP) is 1.70. The molecule has 1 N–H and O–H groups in total. The third kappa shape index (κ3) is 4.44. The van der Waals surface area contributed by atoms with E-state index in [2.05, 4.69) is 15.3 Å². The third-order valence-corrected chi connectivity index (χ3v) is 5.28. The van der Waals surface area contributed by atoms with Gasteiger partial charge in [-0.15, -0.1) is 11.3 Å². The van der Waals surface area contributed by atoms with Gasteiger partial charge in [-0.3, -0.25) is 14.6 Å². The number of nitrogens with zero attached hydrogens (tertiary/aromatic N) is 3. The molecule has 1 unspecified atom stereocenters. The fourth-order valence-corrected chi connectivity index (χ4v) is 3.82. The average molecular weight is 374 g/mol. The Morgan fingerprint density at radius 1 is 1.42 bits per heavy atom. The molecule has 3 rings (SSSR count). The summed E-state index contributed by atoms with van der Waals surface area (Å²) in [5.74, 6) is -0.180. The largest absolute Gasteiger partial charge is 0.377 e. The zero-order valence-corrected chi connectivity index (χ0v) is 15.7. The lowest BCUT2D eigenvalue weighted by molar-refractivity contribution is -0.123. The molecule has 0 spiro atoms. The summed E-state index contributed by atoms with van der Waals surface area (Å²) >= 11 is 1.39. The monoisotopic (exact) mass is 374 g/mol. The molecular formula is C18H22N4O3S. The number of morpholine rings is 1. The molecule has 3 heterocycles. The van der Waals surface area contributed by atoms with Gasteiger partial charge in [-0.1, -0.05) is 6.07 Å². The molecule has 0 saturated carbocycles. The Bertz CT molecular complexity index is 778. The van der Waals surface area contributed by atoms with Crippen LogP contribution >= 0.6 is 11.3 Å². The van der Waals surface area contributed by atoms with E-state index in [4.69, 9.17) is 4.74 Å². The van der Waals surface area contributed by atoms with Gasteiger partial charge in [0.2, 0.25) is 5.91 Å². The lowest BCUT2D eigenvalue weighted by Crippen LogP contribution is -2.50. The van der Waals surface area contributed by atoms with E-state index in [9.17, 15) is 9.59 Å². The van der Waals surface area contributed by atoms with Crippen molar-refractivity contribution in [2.75, 3.05) is 19.8 Å². The predicted molar refractivity (Wildman–Crippen MR) is 97.9 cm³/mol. The van der Waals surface area contributed by atoms with E-state index in [0.717, 1.165) is 16.3 Å². The van der Waals surface area contributed by atoms with Crippen LogP contribution < -0.4 is 5.32 Å². The molecule has 0 radical (unpaired) electrons. The van der Waals surface area contributed by atoms with E-state index in [1.165, 1.54) is 11.3 Å². The minimum absolute atomic E-state index is 0.0681. The maximum atomic E-state index is 12.9. The van der Waals surface area contributed by atoms with Gasteiger partial charge < -0.3 is 15.0 Å². The van der Waals surface area contributed by atoms with E-state index in [1.807, 2.05) is 26.0 Å². The number of aromatic nitrogens is 2. The Kier molecular flexibility index (Phi) is 5.95. The number of hydrogen-bond donors (Lipinski definition) is 1. The summed E-state index contributed by atoms with van der Waals surface area (Å²) in [7, 11) is 0. The van der Waals surface area contributed by atoms with Gasteiger partial charge in [-0.2, -0.15) is 0 Å². The highest BCUT2D eigenvalue weighted by molar-refractivity contribution is 7.13. The molecule has 138 valence electrons. The summed E-state index contributed by atoms with van der Waals surface area (Å²) in [6, 6.07) is 3.46. The summed E-state index contributed by atoms with van der Waals surface area (Å²) in [5, 5.41) is 3.74. The average Bonchev–Trinajstić information content (AvgIpc) is 2.99. The van der Waals surface area contributed by atoms with Crippen molar-refractivity contribution in [1.82, 2.24) is 20.2 Å². The molecule has 0 bridgehead atoms. The second-order valence-electron chi connectivity index (χ2n) is 6.22. The second kappa shape index (κ2) is 8.37. The molecule has 7 nitrogen and oxygen atoms in total. The van der Waals surface area contributed by atoms with Crippen LogP contribution in [-0.2, 0) is 16.1 Å². The lowest BCUT2D eigenvalue weighted by atomic mass is 10.1. The standard InChI is InChI=1S/C18H22N4O3S/c1-12-17(26-13(2)21-12)18(24)22-6-7-25-11-15(22)8-16(23)20-10-14-4-3-5-19-9-14/h3-5,9,15H,6-8,10-11H2,1-2H3,(H,20,23). The number of pyridine rings is 1. The molecule has 1 atom stereocenters. The van der Waals surface area contributed by atoms with Gasteiger partial charge in [0.05, 0.1) is 30.0 Å².